The number of carbonyl (C=O) groups is 1. The molecule has 1 heterocycles. The van der Waals surface area contributed by atoms with Crippen molar-refractivity contribution in [1.29, 1.82) is 0 Å². The molecule has 1 aromatic heterocycles. The summed E-state index contributed by atoms with van der Waals surface area (Å²) in [5, 5.41) is 18.2. The van der Waals surface area contributed by atoms with Gasteiger partial charge in [-0.25, -0.2) is 9.59 Å². The topological polar surface area (TPSA) is 87.7 Å². The molecule has 0 aromatic carbocycles. The number of hydrogen-bond acceptors (Lipinski definition) is 4. The summed E-state index contributed by atoms with van der Waals surface area (Å²) in [7, 11) is 0. The Kier molecular flexibility index (Phi) is 4.10. The number of rotatable bonds is 5. The molecule has 0 atom stereocenters. The van der Waals surface area contributed by atoms with Gasteiger partial charge in [0.2, 0.25) is 0 Å². The Hall–Kier alpha value is -1.78. The molecule has 5 nitrogen and oxygen atoms in total. The number of aromatic hydroxyl groups is 1. The molecule has 88 valence electrons. The number of aromatic carboxylic acids is 1. The van der Waals surface area contributed by atoms with E-state index in [1.54, 1.807) is 0 Å². The van der Waals surface area contributed by atoms with Gasteiger partial charge in [-0.05, 0) is 6.42 Å². The molecule has 1 aromatic rings. The van der Waals surface area contributed by atoms with E-state index in [0.717, 1.165) is 25.3 Å². The van der Waals surface area contributed by atoms with Gasteiger partial charge in [-0.3, -0.25) is 0 Å². The fourth-order valence-corrected chi connectivity index (χ4v) is 1.47. The quantitative estimate of drug-likeness (QED) is 0.747. The highest BCUT2D eigenvalue weighted by Gasteiger charge is 2.18. The first-order chi connectivity index (χ1) is 7.56. The normalized spacial score (nSPS) is 10.3. The fourth-order valence-electron chi connectivity index (χ4n) is 1.47. The van der Waals surface area contributed by atoms with Crippen LogP contribution in [0.3, 0.4) is 0 Å². The maximum Gasteiger partial charge on any atom is 0.342 e. The molecule has 0 saturated carbocycles. The van der Waals surface area contributed by atoms with Crippen molar-refractivity contribution < 1.29 is 19.4 Å². The summed E-state index contributed by atoms with van der Waals surface area (Å²) < 4.78 is 4.80. The van der Waals surface area contributed by atoms with Crippen LogP contribution >= 0.6 is 0 Å². The third-order valence-electron chi connectivity index (χ3n) is 2.23. The number of carboxylic acid groups (broad SMARTS) is 1. The zero-order valence-corrected chi connectivity index (χ0v) is 9.02. The van der Waals surface area contributed by atoms with Crippen LogP contribution in [0.5, 0.6) is 5.75 Å². The molecule has 0 radical (unpaired) electrons. The summed E-state index contributed by atoms with van der Waals surface area (Å²) in [6, 6.07) is 0.771. The van der Waals surface area contributed by atoms with Crippen molar-refractivity contribution in [3.8, 4) is 5.75 Å². The average molecular weight is 226 g/mol. The summed E-state index contributed by atoms with van der Waals surface area (Å²) in [6.45, 7) is 2.01. The van der Waals surface area contributed by atoms with Crippen molar-refractivity contribution in [1.82, 2.24) is 0 Å². The SMILES string of the molecule is CCCCCc1oc(=O)cc(O)c1C(=O)O. The van der Waals surface area contributed by atoms with Gasteiger partial charge >= 0.3 is 11.6 Å². The van der Waals surface area contributed by atoms with Gasteiger partial charge in [-0.1, -0.05) is 19.8 Å². The van der Waals surface area contributed by atoms with Gasteiger partial charge in [0.1, 0.15) is 17.1 Å². The Labute approximate surface area is 92.3 Å². The molecule has 1 rings (SSSR count). The van der Waals surface area contributed by atoms with E-state index in [1.807, 2.05) is 6.92 Å². The van der Waals surface area contributed by atoms with Crippen molar-refractivity contribution >= 4 is 5.97 Å². The lowest BCUT2D eigenvalue weighted by Crippen LogP contribution is -2.09. The van der Waals surface area contributed by atoms with Crippen molar-refractivity contribution in [3.05, 3.63) is 27.8 Å². The highest BCUT2D eigenvalue weighted by Crippen LogP contribution is 2.20. The molecule has 0 amide bonds. The number of unbranched alkanes of at least 4 members (excludes halogenated alkanes) is 2. The van der Waals surface area contributed by atoms with Crippen LogP contribution < -0.4 is 5.63 Å². The Morgan fingerprint density at radius 3 is 2.69 bits per heavy atom. The van der Waals surface area contributed by atoms with E-state index >= 15 is 0 Å². The summed E-state index contributed by atoms with van der Waals surface area (Å²) >= 11 is 0. The summed E-state index contributed by atoms with van der Waals surface area (Å²) in [5.74, 6) is -1.77. The Balaban J connectivity index is 3.04. The van der Waals surface area contributed by atoms with Gasteiger partial charge in [0.15, 0.2) is 0 Å². The lowest BCUT2D eigenvalue weighted by atomic mass is 10.1. The molecule has 5 heteroatoms. The van der Waals surface area contributed by atoms with Crippen LogP contribution in [-0.2, 0) is 6.42 Å². The smallest absolute Gasteiger partial charge is 0.342 e. The van der Waals surface area contributed by atoms with E-state index in [-0.39, 0.29) is 11.3 Å². The van der Waals surface area contributed by atoms with E-state index in [4.69, 9.17) is 9.52 Å². The lowest BCUT2D eigenvalue weighted by Gasteiger charge is -2.05. The van der Waals surface area contributed by atoms with Crippen LogP contribution in [0.15, 0.2) is 15.3 Å². The summed E-state index contributed by atoms with van der Waals surface area (Å²) in [6.07, 6.45) is 2.96. The van der Waals surface area contributed by atoms with Crippen molar-refractivity contribution in [3.63, 3.8) is 0 Å². The van der Waals surface area contributed by atoms with Crippen LogP contribution in [0.1, 0.15) is 42.3 Å². The Bertz CT molecular complexity index is 432. The van der Waals surface area contributed by atoms with Gasteiger partial charge < -0.3 is 14.6 Å². The van der Waals surface area contributed by atoms with Gasteiger partial charge in [-0.2, -0.15) is 0 Å². The first-order valence-corrected chi connectivity index (χ1v) is 5.15. The van der Waals surface area contributed by atoms with Crippen LogP contribution in [0.4, 0.5) is 0 Å². The third kappa shape index (κ3) is 2.85. The van der Waals surface area contributed by atoms with Crippen LogP contribution in [-0.4, -0.2) is 16.2 Å². The third-order valence-corrected chi connectivity index (χ3v) is 2.23. The number of carboxylic acids is 1. The van der Waals surface area contributed by atoms with Crippen LogP contribution in [0.25, 0.3) is 0 Å². The maximum atomic E-state index is 11.0. The monoisotopic (exact) mass is 226 g/mol. The molecule has 2 N–H and O–H groups in total. The first-order valence-electron chi connectivity index (χ1n) is 5.15. The molecule has 0 fully saturated rings. The predicted molar refractivity (Wildman–Crippen MR) is 56.8 cm³/mol. The maximum absolute atomic E-state index is 11.0. The zero-order chi connectivity index (χ0) is 12.1. The number of aryl methyl sites for hydroxylation is 1. The molecular weight excluding hydrogens is 212 g/mol. The predicted octanol–water partition coefficient (Wildman–Crippen LogP) is 1.78. The van der Waals surface area contributed by atoms with Crippen molar-refractivity contribution in [2.45, 2.75) is 32.6 Å². The van der Waals surface area contributed by atoms with Gasteiger partial charge in [-0.15, -0.1) is 0 Å². The van der Waals surface area contributed by atoms with E-state index in [0.29, 0.717) is 6.42 Å². The van der Waals surface area contributed by atoms with Gasteiger partial charge in [0.25, 0.3) is 0 Å². The van der Waals surface area contributed by atoms with Crippen LogP contribution in [0.2, 0.25) is 0 Å². The lowest BCUT2D eigenvalue weighted by molar-refractivity contribution is 0.0688. The Morgan fingerprint density at radius 2 is 2.12 bits per heavy atom. The molecule has 16 heavy (non-hydrogen) atoms. The second-order valence-electron chi connectivity index (χ2n) is 3.51. The highest BCUT2D eigenvalue weighted by atomic mass is 16.4. The molecule has 0 aliphatic carbocycles. The van der Waals surface area contributed by atoms with E-state index in [2.05, 4.69) is 0 Å². The molecule has 0 saturated heterocycles. The summed E-state index contributed by atoms with van der Waals surface area (Å²) in [5.41, 5.74) is -1.04. The van der Waals surface area contributed by atoms with E-state index in [1.165, 1.54) is 0 Å². The van der Waals surface area contributed by atoms with Crippen molar-refractivity contribution in [2.75, 3.05) is 0 Å². The summed E-state index contributed by atoms with van der Waals surface area (Å²) in [4.78, 5) is 21.9. The minimum Gasteiger partial charge on any atom is -0.507 e. The molecule has 0 aliphatic rings. The van der Waals surface area contributed by atoms with E-state index in [9.17, 15) is 14.7 Å². The molecular formula is C11H14O5. The van der Waals surface area contributed by atoms with Gasteiger partial charge in [0, 0.05) is 6.42 Å². The molecule has 0 aliphatic heterocycles. The zero-order valence-electron chi connectivity index (χ0n) is 9.02. The standard InChI is InChI=1S/C11H14O5/c1-2-3-4-5-8-10(11(14)15)7(12)6-9(13)16-8/h6,12H,2-5H2,1H3,(H,14,15). The first kappa shape index (κ1) is 12.3. The second-order valence-corrected chi connectivity index (χ2v) is 3.51. The Morgan fingerprint density at radius 1 is 1.44 bits per heavy atom. The minimum absolute atomic E-state index is 0.0472. The molecule has 0 spiro atoms. The van der Waals surface area contributed by atoms with Gasteiger partial charge in [0.05, 0.1) is 6.07 Å². The largest absolute Gasteiger partial charge is 0.507 e. The highest BCUT2D eigenvalue weighted by molar-refractivity contribution is 5.91. The average Bonchev–Trinajstić information content (AvgIpc) is 2.16. The molecule has 0 unspecified atom stereocenters. The molecule has 0 bridgehead atoms. The van der Waals surface area contributed by atoms with E-state index < -0.39 is 17.3 Å². The fraction of sp³-hybridized carbons (Fsp3) is 0.455. The van der Waals surface area contributed by atoms with Crippen molar-refractivity contribution in [2.24, 2.45) is 0 Å². The second kappa shape index (κ2) is 5.34. The number of hydrogen-bond donors (Lipinski definition) is 2. The van der Waals surface area contributed by atoms with Crippen LogP contribution in [0, 0.1) is 0 Å². The minimum atomic E-state index is -1.28.